The van der Waals surface area contributed by atoms with Crippen molar-refractivity contribution in [3.8, 4) is 5.75 Å². The smallest absolute Gasteiger partial charge is 0.254 e. The monoisotopic (exact) mass is 315 g/mol. The quantitative estimate of drug-likeness (QED) is 0.890. The zero-order valence-electron chi connectivity index (χ0n) is 14.5. The average molecular weight is 315 g/mol. The van der Waals surface area contributed by atoms with Crippen molar-refractivity contribution in [3.63, 3.8) is 0 Å². The maximum absolute atomic E-state index is 12.4. The molecule has 1 amide bonds. The van der Waals surface area contributed by atoms with Crippen LogP contribution in [-0.2, 0) is 6.42 Å². The Morgan fingerprint density at radius 3 is 2.74 bits per heavy atom. The number of benzene rings is 1. The summed E-state index contributed by atoms with van der Waals surface area (Å²) >= 11 is 0. The molecule has 0 aliphatic rings. The predicted octanol–water partition coefficient (Wildman–Crippen LogP) is 3.22. The summed E-state index contributed by atoms with van der Waals surface area (Å²) in [5.41, 5.74) is 1.33. The number of rotatable bonds is 6. The fraction of sp³-hybridized carbons (Fsp3) is 0.444. The molecule has 5 nitrogen and oxygen atoms in total. The number of aromatic nitrogens is 2. The molecule has 0 bridgehead atoms. The molecular formula is C18H25N3O2. The highest BCUT2D eigenvalue weighted by atomic mass is 16.5. The second-order valence-electron chi connectivity index (χ2n) is 6.67. The van der Waals surface area contributed by atoms with Gasteiger partial charge in [0.15, 0.2) is 0 Å². The molecule has 0 fully saturated rings. The van der Waals surface area contributed by atoms with E-state index in [1.54, 1.807) is 24.2 Å². The van der Waals surface area contributed by atoms with Crippen LogP contribution in [0.25, 0.3) is 0 Å². The van der Waals surface area contributed by atoms with Gasteiger partial charge in [0.05, 0.1) is 18.9 Å². The Morgan fingerprint density at radius 2 is 2.13 bits per heavy atom. The summed E-state index contributed by atoms with van der Waals surface area (Å²) in [6, 6.07) is 8.13. The Morgan fingerprint density at radius 1 is 1.39 bits per heavy atom. The number of hydrogen-bond acceptors (Lipinski definition) is 3. The third kappa shape index (κ3) is 4.58. The third-order valence-corrected chi connectivity index (χ3v) is 3.62. The molecule has 0 saturated carbocycles. The van der Waals surface area contributed by atoms with Crippen LogP contribution in [0.15, 0.2) is 36.7 Å². The van der Waals surface area contributed by atoms with Gasteiger partial charge in [-0.1, -0.05) is 12.1 Å². The van der Waals surface area contributed by atoms with Crippen LogP contribution in [0.3, 0.4) is 0 Å². The molecule has 0 aliphatic carbocycles. The number of ether oxygens (including phenoxy) is 1. The van der Waals surface area contributed by atoms with Crippen molar-refractivity contribution >= 4 is 5.91 Å². The first-order chi connectivity index (χ1) is 10.8. The minimum atomic E-state index is -0.372. The van der Waals surface area contributed by atoms with Crippen LogP contribution < -0.4 is 10.1 Å². The fourth-order valence-electron chi connectivity index (χ4n) is 2.45. The summed E-state index contributed by atoms with van der Waals surface area (Å²) < 4.78 is 7.03. The van der Waals surface area contributed by atoms with Crippen LogP contribution in [0.5, 0.6) is 5.75 Å². The number of carbonyl (C=O) groups is 1. The lowest BCUT2D eigenvalue weighted by Crippen LogP contribution is -2.45. The molecule has 1 heterocycles. The Hall–Kier alpha value is -2.30. The van der Waals surface area contributed by atoms with Crippen molar-refractivity contribution in [1.82, 2.24) is 15.1 Å². The molecule has 0 unspecified atom stereocenters. The van der Waals surface area contributed by atoms with Crippen molar-refractivity contribution in [2.75, 3.05) is 7.11 Å². The molecule has 1 N–H and O–H groups in total. The Labute approximate surface area is 137 Å². The zero-order valence-corrected chi connectivity index (χ0v) is 14.5. The molecule has 1 aromatic carbocycles. The van der Waals surface area contributed by atoms with Crippen molar-refractivity contribution < 1.29 is 9.53 Å². The molecule has 5 heteroatoms. The highest BCUT2D eigenvalue weighted by molar-refractivity contribution is 5.94. The maximum atomic E-state index is 12.4. The summed E-state index contributed by atoms with van der Waals surface area (Å²) in [5.74, 6) is 0.715. The second kappa shape index (κ2) is 6.86. The van der Waals surface area contributed by atoms with Crippen molar-refractivity contribution in [3.05, 3.63) is 47.8 Å². The van der Waals surface area contributed by atoms with E-state index in [0.29, 0.717) is 12.0 Å². The number of carbonyl (C=O) groups excluding carboxylic acids is 1. The molecule has 23 heavy (non-hydrogen) atoms. The number of nitrogens with zero attached hydrogens (tertiary/aromatic N) is 2. The SMILES string of the molecule is COc1cccc(CC(C)(C)NC(=O)c2cnn(C(C)C)c2)c1. The van der Waals surface area contributed by atoms with E-state index in [1.165, 1.54) is 0 Å². The lowest BCUT2D eigenvalue weighted by atomic mass is 9.94. The van der Waals surface area contributed by atoms with E-state index in [2.05, 4.69) is 10.4 Å². The number of amides is 1. The van der Waals surface area contributed by atoms with E-state index in [4.69, 9.17) is 4.74 Å². The van der Waals surface area contributed by atoms with E-state index in [1.807, 2.05) is 52.0 Å². The van der Waals surface area contributed by atoms with Gasteiger partial charge in [-0.05, 0) is 51.8 Å². The van der Waals surface area contributed by atoms with Gasteiger partial charge < -0.3 is 10.1 Å². The van der Waals surface area contributed by atoms with Gasteiger partial charge in [0, 0.05) is 17.8 Å². The Balaban J connectivity index is 2.05. The molecule has 0 spiro atoms. The molecular weight excluding hydrogens is 290 g/mol. The minimum Gasteiger partial charge on any atom is -0.497 e. The topological polar surface area (TPSA) is 56.1 Å². The molecule has 0 saturated heterocycles. The second-order valence-corrected chi connectivity index (χ2v) is 6.67. The fourth-order valence-corrected chi connectivity index (χ4v) is 2.45. The van der Waals surface area contributed by atoms with Gasteiger partial charge in [-0.15, -0.1) is 0 Å². The van der Waals surface area contributed by atoms with Crippen molar-refractivity contribution in [2.45, 2.75) is 45.7 Å². The molecule has 2 aromatic rings. The van der Waals surface area contributed by atoms with Crippen LogP contribution in [0.2, 0.25) is 0 Å². The Kier molecular flexibility index (Phi) is 5.08. The van der Waals surface area contributed by atoms with Crippen LogP contribution >= 0.6 is 0 Å². The average Bonchev–Trinajstić information content (AvgIpc) is 2.96. The first-order valence-electron chi connectivity index (χ1n) is 7.80. The first kappa shape index (κ1) is 17.1. The summed E-state index contributed by atoms with van der Waals surface area (Å²) in [7, 11) is 1.65. The lowest BCUT2D eigenvalue weighted by molar-refractivity contribution is 0.0913. The molecule has 0 radical (unpaired) electrons. The van der Waals surface area contributed by atoms with Gasteiger partial charge in [-0.3, -0.25) is 9.48 Å². The van der Waals surface area contributed by atoms with Gasteiger partial charge >= 0.3 is 0 Å². The van der Waals surface area contributed by atoms with Crippen molar-refractivity contribution in [2.24, 2.45) is 0 Å². The lowest BCUT2D eigenvalue weighted by Gasteiger charge is -2.26. The van der Waals surface area contributed by atoms with E-state index in [0.717, 1.165) is 11.3 Å². The normalized spacial score (nSPS) is 11.6. The summed E-state index contributed by atoms with van der Waals surface area (Å²) in [6.45, 7) is 8.08. The third-order valence-electron chi connectivity index (χ3n) is 3.62. The minimum absolute atomic E-state index is 0.107. The number of hydrogen-bond donors (Lipinski definition) is 1. The number of methoxy groups -OCH3 is 1. The van der Waals surface area contributed by atoms with E-state index in [-0.39, 0.29) is 17.5 Å². The molecule has 0 aliphatic heterocycles. The van der Waals surface area contributed by atoms with Crippen LogP contribution in [0, 0.1) is 0 Å². The zero-order chi connectivity index (χ0) is 17.0. The van der Waals surface area contributed by atoms with Gasteiger partial charge in [-0.2, -0.15) is 5.10 Å². The summed E-state index contributed by atoms with van der Waals surface area (Å²) in [5, 5.41) is 7.29. The van der Waals surface area contributed by atoms with Gasteiger partial charge in [-0.25, -0.2) is 0 Å². The first-order valence-corrected chi connectivity index (χ1v) is 7.80. The molecule has 124 valence electrons. The summed E-state index contributed by atoms with van der Waals surface area (Å²) in [4.78, 5) is 12.4. The largest absolute Gasteiger partial charge is 0.497 e. The Bertz CT molecular complexity index is 674. The van der Waals surface area contributed by atoms with Crippen LogP contribution in [0.1, 0.15) is 49.7 Å². The van der Waals surface area contributed by atoms with Crippen LogP contribution in [-0.4, -0.2) is 28.3 Å². The van der Waals surface area contributed by atoms with Gasteiger partial charge in [0.25, 0.3) is 5.91 Å². The molecule has 0 atom stereocenters. The van der Waals surface area contributed by atoms with E-state index in [9.17, 15) is 4.79 Å². The van der Waals surface area contributed by atoms with Crippen molar-refractivity contribution in [1.29, 1.82) is 0 Å². The summed E-state index contributed by atoms with van der Waals surface area (Å²) in [6.07, 6.45) is 4.10. The maximum Gasteiger partial charge on any atom is 0.254 e. The molecule has 2 rings (SSSR count). The standard InChI is InChI=1S/C18H25N3O2/c1-13(2)21-12-15(11-19-21)17(22)20-18(3,4)10-14-7-6-8-16(9-14)23-5/h6-9,11-13H,10H2,1-5H3,(H,20,22). The van der Waals surface area contributed by atoms with E-state index < -0.39 is 0 Å². The van der Waals surface area contributed by atoms with E-state index >= 15 is 0 Å². The van der Waals surface area contributed by atoms with Crippen LogP contribution in [0.4, 0.5) is 0 Å². The predicted molar refractivity (Wildman–Crippen MR) is 90.9 cm³/mol. The molecule has 1 aromatic heterocycles. The highest BCUT2D eigenvalue weighted by Gasteiger charge is 2.23. The van der Waals surface area contributed by atoms with Gasteiger partial charge in [0.2, 0.25) is 0 Å². The highest BCUT2D eigenvalue weighted by Crippen LogP contribution is 2.18. The van der Waals surface area contributed by atoms with Gasteiger partial charge in [0.1, 0.15) is 5.75 Å². The number of nitrogens with one attached hydrogen (secondary N) is 1.